The average molecular weight is 335 g/mol. The summed E-state index contributed by atoms with van der Waals surface area (Å²) in [6, 6.07) is 0. The molecule has 1 saturated carbocycles. The maximum atomic E-state index is 3.96. The van der Waals surface area contributed by atoms with Crippen LogP contribution < -0.4 is 0 Å². The monoisotopic (exact) mass is 334 g/mol. The zero-order valence-corrected chi connectivity index (χ0v) is 17.8. The molecule has 0 aliphatic heterocycles. The molecule has 24 heavy (non-hydrogen) atoms. The van der Waals surface area contributed by atoms with Gasteiger partial charge in [0.2, 0.25) is 0 Å². The van der Waals surface area contributed by atoms with Gasteiger partial charge >= 0.3 is 0 Å². The molecule has 0 N–H and O–H groups in total. The van der Waals surface area contributed by atoms with Crippen LogP contribution >= 0.6 is 0 Å². The Bertz CT molecular complexity index is 357. The zero-order chi connectivity index (χ0) is 18.2. The summed E-state index contributed by atoms with van der Waals surface area (Å²) in [7, 11) is 0. The number of hydrogen-bond acceptors (Lipinski definition) is 0. The summed E-state index contributed by atoms with van der Waals surface area (Å²) in [5, 5.41) is 0. The van der Waals surface area contributed by atoms with E-state index < -0.39 is 0 Å². The van der Waals surface area contributed by atoms with E-state index in [1.54, 1.807) is 0 Å². The van der Waals surface area contributed by atoms with Crippen molar-refractivity contribution in [1.29, 1.82) is 0 Å². The third-order valence-electron chi connectivity index (χ3n) is 7.76. The van der Waals surface area contributed by atoms with Crippen LogP contribution in [0, 0.1) is 28.6 Å². The molecule has 142 valence electrons. The molecule has 0 aromatic carbocycles. The Kier molecular flexibility index (Phi) is 9.10. The molecular weight excluding hydrogens is 288 g/mol. The molecule has 1 aliphatic rings. The van der Waals surface area contributed by atoms with E-state index in [9.17, 15) is 0 Å². The Morgan fingerprint density at radius 2 is 1.75 bits per heavy atom. The van der Waals surface area contributed by atoms with E-state index in [0.717, 1.165) is 17.8 Å². The summed E-state index contributed by atoms with van der Waals surface area (Å²) >= 11 is 0. The molecule has 1 aliphatic carbocycles. The molecule has 5 unspecified atom stereocenters. The van der Waals surface area contributed by atoms with Gasteiger partial charge in [-0.05, 0) is 73.5 Å². The van der Waals surface area contributed by atoms with Gasteiger partial charge in [0.25, 0.3) is 0 Å². The zero-order valence-electron chi connectivity index (χ0n) is 17.8. The van der Waals surface area contributed by atoms with E-state index in [0.29, 0.717) is 10.8 Å². The Morgan fingerprint density at radius 3 is 2.29 bits per heavy atom. The highest BCUT2D eigenvalue weighted by Gasteiger charge is 2.50. The van der Waals surface area contributed by atoms with Crippen molar-refractivity contribution in [2.75, 3.05) is 0 Å². The second-order valence-electron chi connectivity index (χ2n) is 9.37. The topological polar surface area (TPSA) is 0 Å². The smallest absolute Gasteiger partial charge is 0.0241 e. The maximum Gasteiger partial charge on any atom is -0.0241 e. The second-order valence-corrected chi connectivity index (χ2v) is 9.37. The fourth-order valence-corrected chi connectivity index (χ4v) is 5.79. The Morgan fingerprint density at radius 1 is 1.04 bits per heavy atom. The number of allylic oxidation sites excluding steroid dienone is 1. The highest BCUT2D eigenvalue weighted by Crippen LogP contribution is 2.61. The van der Waals surface area contributed by atoms with Crippen molar-refractivity contribution in [3.8, 4) is 0 Å². The molecule has 0 heteroatoms. The van der Waals surface area contributed by atoms with Crippen LogP contribution in [0.2, 0.25) is 0 Å². The molecule has 1 fully saturated rings. The lowest BCUT2D eigenvalue weighted by atomic mass is 9.58. The van der Waals surface area contributed by atoms with Gasteiger partial charge in [-0.25, -0.2) is 0 Å². The van der Waals surface area contributed by atoms with Crippen LogP contribution in [0.5, 0.6) is 0 Å². The largest absolute Gasteiger partial charge is 0.103 e. The molecule has 0 aromatic heterocycles. The van der Waals surface area contributed by atoms with Crippen LogP contribution in [0.3, 0.4) is 0 Å². The molecule has 0 aromatic rings. The van der Waals surface area contributed by atoms with Gasteiger partial charge in [0, 0.05) is 0 Å². The van der Waals surface area contributed by atoms with Gasteiger partial charge in [0.1, 0.15) is 0 Å². The minimum atomic E-state index is 0.577. The van der Waals surface area contributed by atoms with Crippen LogP contribution in [0.25, 0.3) is 0 Å². The van der Waals surface area contributed by atoms with E-state index in [-0.39, 0.29) is 0 Å². The van der Waals surface area contributed by atoms with E-state index >= 15 is 0 Å². The SMILES string of the molecule is C=CCC(C)C(CC)CCC1(C)CCCC1(CCC)CC(C)CC. The maximum absolute atomic E-state index is 3.96. The molecule has 1 rings (SSSR count). The summed E-state index contributed by atoms with van der Waals surface area (Å²) < 4.78 is 0. The molecule has 0 spiro atoms. The summed E-state index contributed by atoms with van der Waals surface area (Å²) in [6.45, 7) is 18.7. The van der Waals surface area contributed by atoms with E-state index in [1.807, 2.05) is 0 Å². The van der Waals surface area contributed by atoms with Crippen LogP contribution in [0.1, 0.15) is 112 Å². The Balaban J connectivity index is 2.85. The average Bonchev–Trinajstić information content (AvgIpc) is 2.85. The second kappa shape index (κ2) is 10.0. The third kappa shape index (κ3) is 5.12. The van der Waals surface area contributed by atoms with E-state index in [1.165, 1.54) is 70.6 Å². The van der Waals surface area contributed by atoms with Gasteiger partial charge in [-0.2, -0.15) is 0 Å². The van der Waals surface area contributed by atoms with Crippen molar-refractivity contribution < 1.29 is 0 Å². The van der Waals surface area contributed by atoms with Crippen molar-refractivity contribution in [3.05, 3.63) is 12.7 Å². The minimum absolute atomic E-state index is 0.577. The van der Waals surface area contributed by atoms with Crippen LogP contribution in [0.4, 0.5) is 0 Å². The van der Waals surface area contributed by atoms with Crippen LogP contribution in [0.15, 0.2) is 12.7 Å². The molecular formula is C24H46. The first-order valence-electron chi connectivity index (χ1n) is 11.0. The van der Waals surface area contributed by atoms with E-state index in [4.69, 9.17) is 0 Å². The van der Waals surface area contributed by atoms with Gasteiger partial charge in [-0.15, -0.1) is 6.58 Å². The number of hydrogen-bond donors (Lipinski definition) is 0. The lowest BCUT2D eigenvalue weighted by molar-refractivity contribution is 0.0322. The highest BCUT2D eigenvalue weighted by molar-refractivity contribution is 5.01. The molecule has 0 heterocycles. The summed E-state index contributed by atoms with van der Waals surface area (Å²) in [6.07, 6.45) is 17.5. The van der Waals surface area contributed by atoms with Crippen molar-refractivity contribution in [2.24, 2.45) is 28.6 Å². The van der Waals surface area contributed by atoms with Crippen molar-refractivity contribution >= 4 is 0 Å². The Labute approximate surface area is 153 Å². The standard InChI is InChI=1S/C24H46/c1-8-13-21(6)22(11-4)14-18-23(7)16-12-17-24(23,15-9-2)19-20(5)10-3/h8,20-22H,1,9-19H2,2-7H3. The molecule has 0 saturated heterocycles. The van der Waals surface area contributed by atoms with Gasteiger partial charge < -0.3 is 0 Å². The summed E-state index contributed by atoms with van der Waals surface area (Å²) in [5.74, 6) is 2.56. The summed E-state index contributed by atoms with van der Waals surface area (Å²) in [5.41, 5.74) is 1.20. The minimum Gasteiger partial charge on any atom is -0.103 e. The van der Waals surface area contributed by atoms with Crippen molar-refractivity contribution in [2.45, 2.75) is 112 Å². The molecule has 0 radical (unpaired) electrons. The summed E-state index contributed by atoms with van der Waals surface area (Å²) in [4.78, 5) is 0. The van der Waals surface area contributed by atoms with Crippen LogP contribution in [-0.4, -0.2) is 0 Å². The fourth-order valence-electron chi connectivity index (χ4n) is 5.79. The Hall–Kier alpha value is -0.260. The quantitative estimate of drug-likeness (QED) is 0.314. The normalized spacial score (nSPS) is 30.9. The van der Waals surface area contributed by atoms with Crippen molar-refractivity contribution in [1.82, 2.24) is 0 Å². The first-order valence-corrected chi connectivity index (χ1v) is 11.0. The number of rotatable bonds is 12. The third-order valence-corrected chi connectivity index (χ3v) is 7.76. The van der Waals surface area contributed by atoms with Gasteiger partial charge in [-0.3, -0.25) is 0 Å². The lowest BCUT2D eigenvalue weighted by Gasteiger charge is -2.47. The molecule has 0 nitrogen and oxygen atoms in total. The fraction of sp³-hybridized carbons (Fsp3) is 0.917. The molecule has 0 bridgehead atoms. The van der Waals surface area contributed by atoms with E-state index in [2.05, 4.69) is 54.2 Å². The predicted molar refractivity (Wildman–Crippen MR) is 110 cm³/mol. The lowest BCUT2D eigenvalue weighted by Crippen LogP contribution is -2.37. The predicted octanol–water partition coefficient (Wildman–Crippen LogP) is 8.42. The van der Waals surface area contributed by atoms with Crippen LogP contribution in [-0.2, 0) is 0 Å². The highest BCUT2D eigenvalue weighted by atomic mass is 14.5. The van der Waals surface area contributed by atoms with Gasteiger partial charge in [0.15, 0.2) is 0 Å². The first-order chi connectivity index (χ1) is 11.4. The molecule has 5 atom stereocenters. The van der Waals surface area contributed by atoms with Crippen molar-refractivity contribution in [3.63, 3.8) is 0 Å². The van der Waals surface area contributed by atoms with Gasteiger partial charge in [-0.1, -0.05) is 73.3 Å². The first kappa shape index (κ1) is 21.8. The van der Waals surface area contributed by atoms with Gasteiger partial charge in [0.05, 0.1) is 0 Å². The molecule has 0 amide bonds.